The maximum atomic E-state index is 12.0. The molecule has 0 saturated carbocycles. The Balaban J connectivity index is 2.24. The third-order valence-electron chi connectivity index (χ3n) is 2.98. The summed E-state index contributed by atoms with van der Waals surface area (Å²) in [6.07, 6.45) is 3.49. The average molecular weight is 276 g/mol. The normalized spacial score (nSPS) is 25.0. The molecule has 0 aromatic rings. The predicted octanol–water partition coefficient (Wildman–Crippen LogP) is -0.114. The van der Waals surface area contributed by atoms with Gasteiger partial charge in [0.1, 0.15) is 0 Å². The molecule has 1 aliphatic rings. The van der Waals surface area contributed by atoms with Gasteiger partial charge >= 0.3 is 0 Å². The largest absolute Gasteiger partial charge is 0.379 e. The summed E-state index contributed by atoms with van der Waals surface area (Å²) in [4.78, 5) is 12.0. The molecule has 18 heavy (non-hydrogen) atoms. The molecule has 0 spiro atoms. The highest BCUT2D eigenvalue weighted by atomic mass is 32.2. The van der Waals surface area contributed by atoms with Crippen molar-refractivity contribution in [3.05, 3.63) is 0 Å². The number of ether oxygens (including phenoxy) is 1. The molecule has 1 rings (SSSR count). The van der Waals surface area contributed by atoms with E-state index in [0.717, 1.165) is 19.4 Å². The molecular formula is C12H24N2O3S. The summed E-state index contributed by atoms with van der Waals surface area (Å²) >= 11 is 0. The molecule has 106 valence electrons. The fraction of sp³-hybridized carbons (Fsp3) is 0.917. The van der Waals surface area contributed by atoms with Gasteiger partial charge in [0, 0.05) is 35.4 Å². The molecule has 1 aliphatic heterocycles. The van der Waals surface area contributed by atoms with Crippen LogP contribution in [0.5, 0.6) is 0 Å². The van der Waals surface area contributed by atoms with E-state index >= 15 is 0 Å². The Morgan fingerprint density at radius 1 is 1.39 bits per heavy atom. The SMILES string of the molecule is CCCNC1COCC1C(=O)NCCCS(C)=O. The van der Waals surface area contributed by atoms with E-state index in [2.05, 4.69) is 17.6 Å². The first-order valence-electron chi connectivity index (χ1n) is 6.54. The first-order valence-corrected chi connectivity index (χ1v) is 8.26. The van der Waals surface area contributed by atoms with Crippen LogP contribution in [0, 0.1) is 5.92 Å². The third-order valence-corrected chi connectivity index (χ3v) is 3.85. The highest BCUT2D eigenvalue weighted by Gasteiger charge is 2.33. The van der Waals surface area contributed by atoms with Crippen molar-refractivity contribution in [3.8, 4) is 0 Å². The molecule has 3 atom stereocenters. The lowest BCUT2D eigenvalue weighted by atomic mass is 10.0. The van der Waals surface area contributed by atoms with E-state index in [4.69, 9.17) is 4.74 Å². The Morgan fingerprint density at radius 2 is 2.17 bits per heavy atom. The van der Waals surface area contributed by atoms with Gasteiger partial charge in [-0.2, -0.15) is 0 Å². The van der Waals surface area contributed by atoms with Gasteiger partial charge in [-0.3, -0.25) is 9.00 Å². The second-order valence-corrected chi connectivity index (χ2v) is 6.18. The van der Waals surface area contributed by atoms with Crippen LogP contribution in [0.3, 0.4) is 0 Å². The van der Waals surface area contributed by atoms with Crippen LogP contribution < -0.4 is 10.6 Å². The minimum Gasteiger partial charge on any atom is -0.379 e. The number of carbonyl (C=O) groups excluding carboxylic acids is 1. The molecule has 1 fully saturated rings. The summed E-state index contributed by atoms with van der Waals surface area (Å²) in [6.45, 7) is 4.70. The maximum absolute atomic E-state index is 12.0. The fourth-order valence-electron chi connectivity index (χ4n) is 1.96. The first-order chi connectivity index (χ1) is 8.65. The Hall–Kier alpha value is -0.460. The summed E-state index contributed by atoms with van der Waals surface area (Å²) in [5.41, 5.74) is 0. The molecule has 6 heteroatoms. The Labute approximate surface area is 111 Å². The van der Waals surface area contributed by atoms with Crippen LogP contribution in [-0.2, 0) is 20.3 Å². The molecule has 0 aliphatic carbocycles. The van der Waals surface area contributed by atoms with Crippen molar-refractivity contribution >= 4 is 16.7 Å². The zero-order valence-corrected chi connectivity index (χ0v) is 12.1. The number of rotatable bonds is 8. The molecule has 5 nitrogen and oxygen atoms in total. The van der Waals surface area contributed by atoms with Gasteiger partial charge in [0.15, 0.2) is 0 Å². The molecule has 1 saturated heterocycles. The Bertz CT molecular complexity index is 286. The van der Waals surface area contributed by atoms with Crippen LogP contribution in [-0.4, -0.2) is 54.5 Å². The molecule has 0 aromatic heterocycles. The number of carbonyl (C=O) groups is 1. The highest BCUT2D eigenvalue weighted by molar-refractivity contribution is 7.84. The molecule has 3 unspecified atom stereocenters. The lowest BCUT2D eigenvalue weighted by Crippen LogP contribution is -2.44. The zero-order chi connectivity index (χ0) is 13.4. The van der Waals surface area contributed by atoms with Crippen molar-refractivity contribution in [1.82, 2.24) is 10.6 Å². The average Bonchev–Trinajstić information content (AvgIpc) is 2.79. The Kier molecular flexibility index (Phi) is 7.46. The molecule has 1 heterocycles. The van der Waals surface area contributed by atoms with Crippen molar-refractivity contribution < 1.29 is 13.7 Å². The number of hydrogen-bond acceptors (Lipinski definition) is 4. The van der Waals surface area contributed by atoms with Crippen molar-refractivity contribution in [2.24, 2.45) is 5.92 Å². The molecule has 2 N–H and O–H groups in total. The van der Waals surface area contributed by atoms with Crippen molar-refractivity contribution in [1.29, 1.82) is 0 Å². The summed E-state index contributed by atoms with van der Waals surface area (Å²) < 4.78 is 16.2. The van der Waals surface area contributed by atoms with Crippen LogP contribution >= 0.6 is 0 Å². The highest BCUT2D eigenvalue weighted by Crippen LogP contribution is 2.13. The van der Waals surface area contributed by atoms with E-state index in [0.29, 0.717) is 25.5 Å². The minimum absolute atomic E-state index is 0.0444. The van der Waals surface area contributed by atoms with Gasteiger partial charge < -0.3 is 15.4 Å². The van der Waals surface area contributed by atoms with E-state index in [9.17, 15) is 9.00 Å². The second-order valence-electron chi connectivity index (χ2n) is 4.63. The van der Waals surface area contributed by atoms with E-state index in [1.807, 2.05) is 0 Å². The lowest BCUT2D eigenvalue weighted by molar-refractivity contribution is -0.125. The van der Waals surface area contributed by atoms with Crippen LogP contribution in [0.4, 0.5) is 0 Å². The fourth-order valence-corrected chi connectivity index (χ4v) is 2.51. The molecule has 0 aromatic carbocycles. The van der Waals surface area contributed by atoms with Crippen LogP contribution in [0.2, 0.25) is 0 Å². The Morgan fingerprint density at radius 3 is 2.83 bits per heavy atom. The predicted molar refractivity (Wildman–Crippen MR) is 73.0 cm³/mol. The van der Waals surface area contributed by atoms with Crippen molar-refractivity contribution in [2.75, 3.05) is 38.3 Å². The number of amides is 1. The summed E-state index contributed by atoms with van der Waals surface area (Å²) in [6, 6.07) is 0.130. The first kappa shape index (κ1) is 15.6. The standard InChI is InChI=1S/C12H24N2O3S/c1-3-5-13-11-9-17-8-10(11)12(15)14-6-4-7-18(2)16/h10-11,13H,3-9H2,1-2H3,(H,14,15). The zero-order valence-electron chi connectivity index (χ0n) is 11.2. The minimum atomic E-state index is -0.782. The van der Waals surface area contributed by atoms with E-state index < -0.39 is 10.8 Å². The van der Waals surface area contributed by atoms with E-state index in [1.165, 1.54) is 0 Å². The summed E-state index contributed by atoms with van der Waals surface area (Å²) in [7, 11) is -0.782. The topological polar surface area (TPSA) is 67.4 Å². The maximum Gasteiger partial charge on any atom is 0.227 e. The second kappa shape index (κ2) is 8.61. The van der Waals surface area contributed by atoms with Gasteiger partial charge in [0.05, 0.1) is 19.1 Å². The quantitative estimate of drug-likeness (QED) is 0.607. The van der Waals surface area contributed by atoms with E-state index in [1.54, 1.807) is 6.26 Å². The lowest BCUT2D eigenvalue weighted by Gasteiger charge is -2.18. The van der Waals surface area contributed by atoms with E-state index in [-0.39, 0.29) is 17.9 Å². The summed E-state index contributed by atoms with van der Waals surface area (Å²) in [5, 5.41) is 6.23. The molecule has 1 amide bonds. The van der Waals surface area contributed by atoms with Gasteiger partial charge in [-0.25, -0.2) is 0 Å². The van der Waals surface area contributed by atoms with Crippen LogP contribution in [0.15, 0.2) is 0 Å². The smallest absolute Gasteiger partial charge is 0.227 e. The monoisotopic (exact) mass is 276 g/mol. The summed E-state index contributed by atoms with van der Waals surface area (Å²) in [5.74, 6) is 0.588. The molecule has 0 radical (unpaired) electrons. The molecule has 0 bridgehead atoms. The molecular weight excluding hydrogens is 252 g/mol. The van der Waals surface area contributed by atoms with Gasteiger partial charge in [0.25, 0.3) is 0 Å². The number of hydrogen-bond donors (Lipinski definition) is 2. The third kappa shape index (κ3) is 5.46. The number of nitrogens with one attached hydrogen (secondary N) is 2. The van der Waals surface area contributed by atoms with Crippen LogP contribution in [0.25, 0.3) is 0 Å². The van der Waals surface area contributed by atoms with Gasteiger partial charge in [-0.1, -0.05) is 6.92 Å². The van der Waals surface area contributed by atoms with Gasteiger partial charge in [-0.15, -0.1) is 0 Å². The van der Waals surface area contributed by atoms with Gasteiger partial charge in [0.2, 0.25) is 5.91 Å². The van der Waals surface area contributed by atoms with Crippen LogP contribution in [0.1, 0.15) is 19.8 Å². The van der Waals surface area contributed by atoms with Crippen molar-refractivity contribution in [3.63, 3.8) is 0 Å². The van der Waals surface area contributed by atoms with Crippen molar-refractivity contribution in [2.45, 2.75) is 25.8 Å². The van der Waals surface area contributed by atoms with Gasteiger partial charge in [-0.05, 0) is 19.4 Å².